The topological polar surface area (TPSA) is 39.1 Å². The molecule has 3 nitrogen and oxygen atoms in total. The molecule has 0 amide bonds. The van der Waals surface area contributed by atoms with Crippen LogP contribution in [0.1, 0.15) is 18.1 Å². The van der Waals surface area contributed by atoms with E-state index in [4.69, 9.17) is 5.26 Å². The number of nitriles is 1. The SMILES string of the molecule is CC1CNCCN1Cc1cc(F)cc(C#N)c1. The van der Waals surface area contributed by atoms with Gasteiger partial charge in [-0.2, -0.15) is 5.26 Å². The molecule has 1 fully saturated rings. The van der Waals surface area contributed by atoms with Gasteiger partial charge in [-0.3, -0.25) is 4.90 Å². The fourth-order valence-electron chi connectivity index (χ4n) is 2.16. The Morgan fingerprint density at radius 1 is 1.53 bits per heavy atom. The second-order valence-electron chi connectivity index (χ2n) is 4.48. The van der Waals surface area contributed by atoms with E-state index in [9.17, 15) is 4.39 Å². The Morgan fingerprint density at radius 2 is 2.35 bits per heavy atom. The van der Waals surface area contributed by atoms with Crippen molar-refractivity contribution < 1.29 is 4.39 Å². The van der Waals surface area contributed by atoms with E-state index in [1.807, 2.05) is 6.07 Å². The Morgan fingerprint density at radius 3 is 3.06 bits per heavy atom. The lowest BCUT2D eigenvalue weighted by molar-refractivity contribution is 0.165. The first-order valence-electron chi connectivity index (χ1n) is 5.83. The molecule has 0 saturated carbocycles. The van der Waals surface area contributed by atoms with Gasteiger partial charge in [-0.15, -0.1) is 0 Å². The maximum atomic E-state index is 13.3. The Bertz CT molecular complexity index is 439. The number of hydrogen-bond donors (Lipinski definition) is 1. The maximum Gasteiger partial charge on any atom is 0.124 e. The van der Waals surface area contributed by atoms with Crippen LogP contribution in [0.2, 0.25) is 0 Å². The van der Waals surface area contributed by atoms with E-state index in [1.165, 1.54) is 12.1 Å². The van der Waals surface area contributed by atoms with E-state index in [0.717, 1.165) is 25.2 Å². The maximum absolute atomic E-state index is 13.3. The minimum absolute atomic E-state index is 0.332. The van der Waals surface area contributed by atoms with E-state index in [-0.39, 0.29) is 5.82 Å². The van der Waals surface area contributed by atoms with Gasteiger partial charge in [0.2, 0.25) is 0 Å². The van der Waals surface area contributed by atoms with Crippen molar-refractivity contribution in [3.05, 3.63) is 35.1 Å². The molecular formula is C13H16FN3. The molecule has 1 aliphatic heterocycles. The monoisotopic (exact) mass is 233 g/mol. The van der Waals surface area contributed by atoms with Crippen molar-refractivity contribution in [3.63, 3.8) is 0 Å². The fourth-order valence-corrected chi connectivity index (χ4v) is 2.16. The predicted octanol–water partition coefficient (Wildman–Crippen LogP) is 1.49. The lowest BCUT2D eigenvalue weighted by Gasteiger charge is -2.33. The van der Waals surface area contributed by atoms with Crippen LogP contribution in [0.4, 0.5) is 4.39 Å². The van der Waals surface area contributed by atoms with Crippen molar-refractivity contribution in [3.8, 4) is 6.07 Å². The summed E-state index contributed by atoms with van der Waals surface area (Å²) in [6.07, 6.45) is 0. The molecular weight excluding hydrogens is 217 g/mol. The molecule has 0 bridgehead atoms. The summed E-state index contributed by atoms with van der Waals surface area (Å²) in [7, 11) is 0. The molecule has 1 heterocycles. The molecule has 1 aromatic carbocycles. The fraction of sp³-hybridized carbons (Fsp3) is 0.462. The van der Waals surface area contributed by atoms with E-state index in [1.54, 1.807) is 6.07 Å². The zero-order valence-electron chi connectivity index (χ0n) is 9.91. The summed E-state index contributed by atoms with van der Waals surface area (Å²) in [5.74, 6) is -0.332. The predicted molar refractivity (Wildman–Crippen MR) is 63.9 cm³/mol. The van der Waals surface area contributed by atoms with Crippen LogP contribution in [0, 0.1) is 17.1 Å². The molecule has 4 heteroatoms. The van der Waals surface area contributed by atoms with Crippen LogP contribution < -0.4 is 5.32 Å². The van der Waals surface area contributed by atoms with E-state index >= 15 is 0 Å². The van der Waals surface area contributed by atoms with Crippen molar-refractivity contribution in [2.75, 3.05) is 19.6 Å². The standard InChI is InChI=1S/C13H16FN3/c1-10-8-16-2-3-17(10)9-12-4-11(7-15)5-13(14)6-12/h4-6,10,16H,2-3,8-9H2,1H3. The summed E-state index contributed by atoms with van der Waals surface area (Å²) >= 11 is 0. The summed E-state index contributed by atoms with van der Waals surface area (Å²) in [4.78, 5) is 2.30. The molecule has 90 valence electrons. The molecule has 1 saturated heterocycles. The molecule has 1 N–H and O–H groups in total. The van der Waals surface area contributed by atoms with Crippen molar-refractivity contribution in [1.29, 1.82) is 5.26 Å². The summed E-state index contributed by atoms with van der Waals surface area (Å²) in [6, 6.07) is 6.97. The highest BCUT2D eigenvalue weighted by molar-refractivity contribution is 5.33. The summed E-state index contributed by atoms with van der Waals surface area (Å²) < 4.78 is 13.3. The normalized spacial score (nSPS) is 21.1. The van der Waals surface area contributed by atoms with Crippen molar-refractivity contribution >= 4 is 0 Å². The zero-order chi connectivity index (χ0) is 12.3. The third-order valence-corrected chi connectivity index (χ3v) is 3.11. The third kappa shape index (κ3) is 3.02. The van der Waals surface area contributed by atoms with Gasteiger partial charge in [0.25, 0.3) is 0 Å². The van der Waals surface area contributed by atoms with Crippen LogP contribution in [-0.2, 0) is 6.54 Å². The smallest absolute Gasteiger partial charge is 0.124 e. The van der Waals surface area contributed by atoms with Gasteiger partial charge < -0.3 is 5.32 Å². The Hall–Kier alpha value is -1.44. The highest BCUT2D eigenvalue weighted by Crippen LogP contribution is 2.13. The summed E-state index contributed by atoms with van der Waals surface area (Å²) in [5.41, 5.74) is 1.26. The summed E-state index contributed by atoms with van der Waals surface area (Å²) in [6.45, 7) is 5.73. The highest BCUT2D eigenvalue weighted by atomic mass is 19.1. The second-order valence-corrected chi connectivity index (χ2v) is 4.48. The van der Waals surface area contributed by atoms with E-state index < -0.39 is 0 Å². The molecule has 1 unspecified atom stereocenters. The molecule has 2 rings (SSSR count). The first-order valence-corrected chi connectivity index (χ1v) is 5.83. The van der Waals surface area contributed by atoms with E-state index in [0.29, 0.717) is 18.2 Å². The number of hydrogen-bond acceptors (Lipinski definition) is 3. The molecule has 0 aromatic heterocycles. The third-order valence-electron chi connectivity index (χ3n) is 3.11. The number of halogens is 1. The number of rotatable bonds is 2. The lowest BCUT2D eigenvalue weighted by Crippen LogP contribution is -2.49. The average Bonchev–Trinajstić information content (AvgIpc) is 2.31. The van der Waals surface area contributed by atoms with Crippen molar-refractivity contribution in [2.45, 2.75) is 19.5 Å². The summed E-state index contributed by atoms with van der Waals surface area (Å²) in [5, 5.41) is 12.1. The molecule has 1 atom stereocenters. The van der Waals surface area contributed by atoms with Crippen LogP contribution >= 0.6 is 0 Å². The zero-order valence-corrected chi connectivity index (χ0v) is 9.91. The van der Waals surface area contributed by atoms with Crippen LogP contribution in [-0.4, -0.2) is 30.6 Å². The van der Waals surface area contributed by atoms with Crippen LogP contribution in [0.3, 0.4) is 0 Å². The molecule has 0 radical (unpaired) electrons. The Balaban J connectivity index is 2.12. The van der Waals surface area contributed by atoms with E-state index in [2.05, 4.69) is 17.1 Å². The molecule has 1 aromatic rings. The van der Waals surface area contributed by atoms with Gasteiger partial charge in [0.05, 0.1) is 11.6 Å². The van der Waals surface area contributed by atoms with Gasteiger partial charge in [0.15, 0.2) is 0 Å². The number of nitrogens with zero attached hydrogens (tertiary/aromatic N) is 2. The number of benzene rings is 1. The molecule has 0 aliphatic carbocycles. The Labute approximate surface area is 101 Å². The van der Waals surface area contributed by atoms with Gasteiger partial charge in [0, 0.05) is 32.2 Å². The van der Waals surface area contributed by atoms with Crippen LogP contribution in [0.15, 0.2) is 18.2 Å². The van der Waals surface area contributed by atoms with Gasteiger partial charge in [-0.05, 0) is 30.7 Å². The van der Waals surface area contributed by atoms with Gasteiger partial charge in [0.1, 0.15) is 5.82 Å². The number of piperazine rings is 1. The van der Waals surface area contributed by atoms with Crippen LogP contribution in [0.5, 0.6) is 0 Å². The quantitative estimate of drug-likeness (QED) is 0.841. The van der Waals surface area contributed by atoms with Crippen molar-refractivity contribution in [1.82, 2.24) is 10.2 Å². The highest BCUT2D eigenvalue weighted by Gasteiger charge is 2.18. The van der Waals surface area contributed by atoms with Crippen molar-refractivity contribution in [2.24, 2.45) is 0 Å². The van der Waals surface area contributed by atoms with Gasteiger partial charge in [-0.25, -0.2) is 4.39 Å². The first kappa shape index (κ1) is 12.0. The molecule has 17 heavy (non-hydrogen) atoms. The second kappa shape index (κ2) is 5.26. The largest absolute Gasteiger partial charge is 0.314 e. The van der Waals surface area contributed by atoms with Gasteiger partial charge in [-0.1, -0.05) is 0 Å². The number of nitrogens with one attached hydrogen (secondary N) is 1. The first-order chi connectivity index (χ1) is 8.19. The average molecular weight is 233 g/mol. The van der Waals surface area contributed by atoms with Gasteiger partial charge >= 0.3 is 0 Å². The van der Waals surface area contributed by atoms with Crippen LogP contribution in [0.25, 0.3) is 0 Å². The Kier molecular flexibility index (Phi) is 3.72. The minimum atomic E-state index is -0.332. The molecule has 1 aliphatic rings. The minimum Gasteiger partial charge on any atom is -0.314 e. The molecule has 0 spiro atoms. The lowest BCUT2D eigenvalue weighted by atomic mass is 10.1.